The molecule has 2 aromatic carbocycles. The largest absolute Gasteiger partial charge is 0.350 e. The van der Waals surface area contributed by atoms with E-state index >= 15 is 0 Å². The normalized spacial score (nSPS) is 12.5. The Balaban J connectivity index is 2.14. The Hall–Kier alpha value is -2.34. The molecule has 6 heteroatoms. The third-order valence-corrected chi connectivity index (χ3v) is 5.56. The van der Waals surface area contributed by atoms with E-state index in [-0.39, 0.29) is 16.8 Å². The van der Waals surface area contributed by atoms with E-state index < -0.39 is 10.0 Å². The van der Waals surface area contributed by atoms with Crippen molar-refractivity contribution in [3.63, 3.8) is 0 Å². The number of rotatable bonds is 6. The summed E-state index contributed by atoms with van der Waals surface area (Å²) in [5.74, 6) is -0.169. The van der Waals surface area contributed by atoms with Crippen LogP contribution in [0.5, 0.6) is 0 Å². The highest BCUT2D eigenvalue weighted by Crippen LogP contribution is 2.19. The average Bonchev–Trinajstić information content (AvgIpc) is 2.57. The summed E-state index contributed by atoms with van der Waals surface area (Å²) < 4.78 is 27.5. The van der Waals surface area contributed by atoms with Crippen LogP contribution in [0.2, 0.25) is 0 Å². The van der Waals surface area contributed by atoms with E-state index in [2.05, 4.69) is 10.0 Å². The first-order chi connectivity index (χ1) is 11.7. The van der Waals surface area contributed by atoms with Crippen LogP contribution in [0.1, 0.15) is 41.8 Å². The van der Waals surface area contributed by atoms with Crippen LogP contribution in [0.15, 0.2) is 47.4 Å². The van der Waals surface area contributed by atoms with Gasteiger partial charge in [-0.1, -0.05) is 13.0 Å². The van der Waals surface area contributed by atoms with Crippen molar-refractivity contribution in [3.05, 3.63) is 59.2 Å². The number of benzene rings is 2. The zero-order valence-corrected chi connectivity index (χ0v) is 15.8. The highest BCUT2D eigenvalue weighted by atomic mass is 32.2. The number of hydrogen-bond donors (Lipinski definition) is 2. The van der Waals surface area contributed by atoms with Gasteiger partial charge in [0.05, 0.1) is 4.90 Å². The first-order valence-electron chi connectivity index (χ1n) is 8.24. The maximum Gasteiger partial charge on any atom is 0.261 e. The van der Waals surface area contributed by atoms with Gasteiger partial charge in [-0.2, -0.15) is 0 Å². The molecule has 0 saturated carbocycles. The quantitative estimate of drug-likeness (QED) is 0.826. The van der Waals surface area contributed by atoms with Gasteiger partial charge in [0.1, 0.15) is 0 Å². The van der Waals surface area contributed by atoms with Crippen LogP contribution in [0.4, 0.5) is 5.69 Å². The maximum absolute atomic E-state index is 12.5. The molecule has 2 N–H and O–H groups in total. The van der Waals surface area contributed by atoms with Crippen molar-refractivity contribution in [3.8, 4) is 0 Å². The molecular formula is C19H24N2O3S. The van der Waals surface area contributed by atoms with E-state index in [0.29, 0.717) is 11.3 Å². The number of hydrogen-bond acceptors (Lipinski definition) is 3. The van der Waals surface area contributed by atoms with E-state index in [9.17, 15) is 13.2 Å². The Morgan fingerprint density at radius 2 is 1.68 bits per heavy atom. The van der Waals surface area contributed by atoms with Crippen molar-refractivity contribution in [1.29, 1.82) is 0 Å². The van der Waals surface area contributed by atoms with Gasteiger partial charge < -0.3 is 5.32 Å². The lowest BCUT2D eigenvalue weighted by Crippen LogP contribution is -2.31. The molecule has 0 fully saturated rings. The highest BCUT2D eigenvalue weighted by Gasteiger charge is 2.15. The molecule has 5 nitrogen and oxygen atoms in total. The summed E-state index contributed by atoms with van der Waals surface area (Å²) in [4.78, 5) is 12.3. The first kappa shape index (κ1) is 19.0. The molecule has 25 heavy (non-hydrogen) atoms. The second-order valence-corrected chi connectivity index (χ2v) is 7.89. The molecule has 0 aliphatic heterocycles. The number of sulfonamides is 1. The second kappa shape index (κ2) is 7.70. The van der Waals surface area contributed by atoms with E-state index in [0.717, 1.165) is 17.5 Å². The van der Waals surface area contributed by atoms with E-state index in [1.807, 2.05) is 27.7 Å². The lowest BCUT2D eigenvalue weighted by Gasteiger charge is -2.12. The minimum Gasteiger partial charge on any atom is -0.350 e. The van der Waals surface area contributed by atoms with Gasteiger partial charge in [-0.3, -0.25) is 9.52 Å². The van der Waals surface area contributed by atoms with E-state index in [1.54, 1.807) is 42.5 Å². The average molecular weight is 360 g/mol. The van der Waals surface area contributed by atoms with Crippen LogP contribution >= 0.6 is 0 Å². The molecule has 2 rings (SSSR count). The molecule has 2 aromatic rings. The zero-order valence-electron chi connectivity index (χ0n) is 15.0. The molecule has 0 bridgehead atoms. The summed E-state index contributed by atoms with van der Waals surface area (Å²) in [6.07, 6.45) is 0.847. The molecule has 0 radical (unpaired) electrons. The van der Waals surface area contributed by atoms with Crippen molar-refractivity contribution < 1.29 is 13.2 Å². The standard InChI is InChI=1S/C19H24N2O3S/c1-5-15(4)20-19(22)16-7-9-17(10-8-16)21-25(23,24)18-11-6-13(2)14(3)12-18/h6-12,15,21H,5H2,1-4H3,(H,20,22). The van der Waals surface area contributed by atoms with Crippen LogP contribution in [-0.2, 0) is 10.0 Å². The maximum atomic E-state index is 12.5. The molecule has 0 aliphatic rings. The Bertz CT molecular complexity index is 859. The van der Waals surface area contributed by atoms with Crippen molar-refractivity contribution >= 4 is 21.6 Å². The summed E-state index contributed by atoms with van der Waals surface area (Å²) in [6, 6.07) is 11.5. The molecule has 1 atom stereocenters. The number of anilines is 1. The highest BCUT2D eigenvalue weighted by molar-refractivity contribution is 7.92. The fourth-order valence-electron chi connectivity index (χ4n) is 2.19. The van der Waals surface area contributed by atoms with Gasteiger partial charge in [0.15, 0.2) is 0 Å². The van der Waals surface area contributed by atoms with Crippen LogP contribution in [-0.4, -0.2) is 20.4 Å². The fourth-order valence-corrected chi connectivity index (χ4v) is 3.34. The number of carbonyl (C=O) groups excluding carboxylic acids is 1. The van der Waals surface area contributed by atoms with Gasteiger partial charge in [0.25, 0.3) is 15.9 Å². The smallest absolute Gasteiger partial charge is 0.261 e. The minimum absolute atomic E-state index is 0.0930. The van der Waals surface area contributed by atoms with Gasteiger partial charge in [-0.25, -0.2) is 8.42 Å². The number of carbonyl (C=O) groups is 1. The van der Waals surface area contributed by atoms with Gasteiger partial charge in [0, 0.05) is 17.3 Å². The summed E-state index contributed by atoms with van der Waals surface area (Å²) in [5.41, 5.74) is 2.86. The molecule has 1 amide bonds. The topological polar surface area (TPSA) is 75.3 Å². The Morgan fingerprint density at radius 3 is 2.24 bits per heavy atom. The van der Waals surface area contributed by atoms with Gasteiger partial charge in [-0.05, 0) is 74.7 Å². The summed E-state index contributed by atoms with van der Waals surface area (Å²) in [7, 11) is -3.66. The monoisotopic (exact) mass is 360 g/mol. The van der Waals surface area contributed by atoms with Crippen LogP contribution in [0.3, 0.4) is 0 Å². The lowest BCUT2D eigenvalue weighted by molar-refractivity contribution is 0.0939. The molecule has 0 heterocycles. The fraction of sp³-hybridized carbons (Fsp3) is 0.316. The van der Waals surface area contributed by atoms with E-state index in [4.69, 9.17) is 0 Å². The Morgan fingerprint density at radius 1 is 1.04 bits per heavy atom. The van der Waals surface area contributed by atoms with Crippen LogP contribution in [0.25, 0.3) is 0 Å². The summed E-state index contributed by atoms with van der Waals surface area (Å²) >= 11 is 0. The van der Waals surface area contributed by atoms with Gasteiger partial charge >= 0.3 is 0 Å². The van der Waals surface area contributed by atoms with Crippen LogP contribution < -0.4 is 10.0 Å². The lowest BCUT2D eigenvalue weighted by atomic mass is 10.1. The molecule has 0 aliphatic carbocycles. The molecule has 0 spiro atoms. The van der Waals surface area contributed by atoms with Gasteiger partial charge in [-0.15, -0.1) is 0 Å². The SMILES string of the molecule is CCC(C)NC(=O)c1ccc(NS(=O)(=O)c2ccc(C)c(C)c2)cc1. The number of nitrogens with one attached hydrogen (secondary N) is 2. The molecule has 134 valence electrons. The Labute approximate surface area is 149 Å². The van der Waals surface area contributed by atoms with Gasteiger partial charge in [0.2, 0.25) is 0 Å². The predicted molar refractivity (Wildman–Crippen MR) is 100 cm³/mol. The first-order valence-corrected chi connectivity index (χ1v) is 9.72. The molecule has 1 unspecified atom stereocenters. The summed E-state index contributed by atoms with van der Waals surface area (Å²) in [5, 5.41) is 2.87. The third kappa shape index (κ3) is 4.82. The second-order valence-electron chi connectivity index (χ2n) is 6.21. The number of amides is 1. The van der Waals surface area contributed by atoms with Crippen molar-refractivity contribution in [2.24, 2.45) is 0 Å². The van der Waals surface area contributed by atoms with Crippen molar-refractivity contribution in [2.75, 3.05) is 4.72 Å². The minimum atomic E-state index is -3.66. The van der Waals surface area contributed by atoms with E-state index in [1.165, 1.54) is 0 Å². The predicted octanol–water partition coefficient (Wildman–Crippen LogP) is 3.63. The summed E-state index contributed by atoms with van der Waals surface area (Å²) in [6.45, 7) is 7.74. The molecular weight excluding hydrogens is 336 g/mol. The molecule has 0 aromatic heterocycles. The van der Waals surface area contributed by atoms with Crippen LogP contribution in [0, 0.1) is 13.8 Å². The zero-order chi connectivity index (χ0) is 18.6. The van der Waals surface area contributed by atoms with Crippen molar-refractivity contribution in [1.82, 2.24) is 5.32 Å². The van der Waals surface area contributed by atoms with Crippen molar-refractivity contribution in [2.45, 2.75) is 45.1 Å². The Kier molecular flexibility index (Phi) is 5.85. The molecule has 0 saturated heterocycles. The third-order valence-electron chi connectivity index (χ3n) is 4.18. The number of aryl methyl sites for hydroxylation is 2.